The zero-order valence-corrected chi connectivity index (χ0v) is 17.4. The number of aromatic amines is 2. The molecule has 31 heavy (non-hydrogen) atoms. The number of aromatic nitrogens is 5. The van der Waals surface area contributed by atoms with E-state index >= 15 is 0 Å². The molecule has 0 bridgehead atoms. The number of pyridine rings is 2. The Hall–Kier alpha value is -3.97. The summed E-state index contributed by atoms with van der Waals surface area (Å²) < 4.78 is 5.30. The zero-order valence-electron chi connectivity index (χ0n) is 16.6. The van der Waals surface area contributed by atoms with Gasteiger partial charge in [-0.3, -0.25) is 10.1 Å². The number of fused-ring (bicyclic) bond motifs is 2. The zero-order chi connectivity index (χ0) is 20.8. The lowest BCUT2D eigenvalue weighted by molar-refractivity contribution is 0.413. The summed E-state index contributed by atoms with van der Waals surface area (Å²) in [6.45, 7) is 0. The summed E-state index contributed by atoms with van der Waals surface area (Å²) in [4.78, 5) is 13.9. The second-order valence-electron chi connectivity index (χ2n) is 7.21. The molecule has 0 spiro atoms. The van der Waals surface area contributed by atoms with Crippen LogP contribution in [0.2, 0.25) is 0 Å². The summed E-state index contributed by atoms with van der Waals surface area (Å²) in [6.07, 6.45) is 3.47. The van der Waals surface area contributed by atoms with Gasteiger partial charge in [-0.05, 0) is 41.8 Å². The van der Waals surface area contributed by atoms with Gasteiger partial charge in [0.15, 0.2) is 0 Å². The maximum absolute atomic E-state index is 5.30. The van der Waals surface area contributed by atoms with Crippen molar-refractivity contribution in [3.05, 3.63) is 72.4 Å². The molecule has 1 aromatic carbocycles. The summed E-state index contributed by atoms with van der Waals surface area (Å²) >= 11 is 1.74. The number of methoxy groups -OCH3 is 1. The van der Waals surface area contributed by atoms with Crippen molar-refractivity contribution in [2.45, 2.75) is 0 Å². The number of hydrogen-bond acceptors (Lipinski definition) is 5. The Bertz CT molecular complexity index is 1530. The van der Waals surface area contributed by atoms with E-state index < -0.39 is 0 Å². The number of rotatable bonds is 4. The van der Waals surface area contributed by atoms with Crippen molar-refractivity contribution in [3.63, 3.8) is 0 Å². The monoisotopic (exact) mass is 423 g/mol. The Kier molecular flexibility index (Phi) is 4.07. The molecule has 7 heteroatoms. The van der Waals surface area contributed by atoms with Crippen LogP contribution in [-0.4, -0.2) is 32.3 Å². The van der Waals surface area contributed by atoms with Crippen molar-refractivity contribution in [2.75, 3.05) is 7.11 Å². The van der Waals surface area contributed by atoms with Crippen LogP contribution in [0.4, 0.5) is 0 Å². The van der Waals surface area contributed by atoms with Crippen LogP contribution in [0.15, 0.2) is 72.4 Å². The molecule has 0 radical (unpaired) electrons. The fourth-order valence-electron chi connectivity index (χ4n) is 3.85. The van der Waals surface area contributed by atoms with Crippen LogP contribution >= 0.6 is 11.3 Å². The van der Waals surface area contributed by atoms with Crippen LogP contribution < -0.4 is 4.74 Å². The highest BCUT2D eigenvalue weighted by Gasteiger charge is 2.15. The molecule has 0 saturated carbocycles. The van der Waals surface area contributed by atoms with Crippen LogP contribution in [0.1, 0.15) is 0 Å². The minimum absolute atomic E-state index is 0.698. The molecule has 0 aliphatic heterocycles. The molecule has 0 saturated heterocycles. The molecule has 0 aliphatic carbocycles. The van der Waals surface area contributed by atoms with Gasteiger partial charge in [0.1, 0.15) is 17.0 Å². The number of nitrogens with zero attached hydrogens (tertiary/aromatic N) is 3. The quantitative estimate of drug-likeness (QED) is 0.370. The Morgan fingerprint density at radius 3 is 2.81 bits per heavy atom. The van der Waals surface area contributed by atoms with Gasteiger partial charge >= 0.3 is 0 Å². The number of benzene rings is 1. The molecule has 0 atom stereocenters. The molecule has 5 heterocycles. The lowest BCUT2D eigenvalue weighted by Crippen LogP contribution is -1.89. The van der Waals surface area contributed by atoms with Gasteiger partial charge in [0.25, 0.3) is 0 Å². The summed E-state index contributed by atoms with van der Waals surface area (Å²) in [7, 11) is 1.63. The second-order valence-corrected chi connectivity index (χ2v) is 8.15. The number of nitrogens with one attached hydrogen (secondary N) is 2. The number of ether oxygens (including phenoxy) is 1. The molecule has 0 unspecified atom stereocenters. The number of thiophene rings is 1. The van der Waals surface area contributed by atoms with Crippen LogP contribution in [0.5, 0.6) is 5.75 Å². The summed E-state index contributed by atoms with van der Waals surface area (Å²) in [5.41, 5.74) is 7.41. The van der Waals surface area contributed by atoms with E-state index in [2.05, 4.69) is 61.9 Å². The second kappa shape index (κ2) is 7.07. The maximum atomic E-state index is 5.30. The van der Waals surface area contributed by atoms with E-state index in [4.69, 9.17) is 9.72 Å². The molecule has 6 aromatic rings. The SMILES string of the molecule is COc1cncc(-c2ccc3[nH]nc(-c4cc5c(-c6cccs6)cccc5[nH]4)c3n2)c1. The van der Waals surface area contributed by atoms with Gasteiger partial charge in [-0.25, -0.2) is 4.98 Å². The van der Waals surface area contributed by atoms with Crippen molar-refractivity contribution in [1.29, 1.82) is 0 Å². The molecular weight excluding hydrogens is 406 g/mol. The molecule has 150 valence electrons. The van der Waals surface area contributed by atoms with Gasteiger partial charge in [-0.1, -0.05) is 18.2 Å². The van der Waals surface area contributed by atoms with Crippen molar-refractivity contribution in [1.82, 2.24) is 25.1 Å². The third-order valence-electron chi connectivity index (χ3n) is 5.36. The lowest BCUT2D eigenvalue weighted by atomic mass is 10.1. The highest BCUT2D eigenvalue weighted by atomic mass is 32.1. The molecule has 6 rings (SSSR count). The number of hydrogen-bond donors (Lipinski definition) is 2. The van der Waals surface area contributed by atoms with E-state index in [0.29, 0.717) is 5.75 Å². The van der Waals surface area contributed by atoms with Gasteiger partial charge in [-0.15, -0.1) is 11.3 Å². The van der Waals surface area contributed by atoms with E-state index in [1.165, 1.54) is 15.8 Å². The van der Waals surface area contributed by atoms with Gasteiger partial charge in [-0.2, -0.15) is 5.10 Å². The molecule has 6 nitrogen and oxygen atoms in total. The maximum Gasteiger partial charge on any atom is 0.137 e. The first-order chi connectivity index (χ1) is 15.3. The average molecular weight is 424 g/mol. The third kappa shape index (κ3) is 2.98. The average Bonchev–Trinajstić information content (AvgIpc) is 3.57. The summed E-state index contributed by atoms with van der Waals surface area (Å²) in [6, 6.07) is 18.6. The van der Waals surface area contributed by atoms with E-state index in [1.807, 2.05) is 18.2 Å². The van der Waals surface area contributed by atoms with Crippen molar-refractivity contribution >= 4 is 33.3 Å². The third-order valence-corrected chi connectivity index (χ3v) is 6.26. The van der Waals surface area contributed by atoms with Crippen LogP contribution in [0.25, 0.3) is 55.0 Å². The normalized spacial score (nSPS) is 11.4. The first-order valence-corrected chi connectivity index (χ1v) is 10.7. The van der Waals surface area contributed by atoms with Crippen LogP contribution in [0, 0.1) is 0 Å². The standard InChI is InChI=1S/C24H17N5OS/c1-30-15-10-14(12-25-13-15)18-7-8-20-23(27-18)24(29-28-20)21-11-17-16(22-6-3-9-31-22)4-2-5-19(17)26-21/h2-13,26H,1H3,(H,28,29). The molecule has 0 fully saturated rings. The van der Waals surface area contributed by atoms with Gasteiger partial charge in [0.2, 0.25) is 0 Å². The summed E-state index contributed by atoms with van der Waals surface area (Å²) in [5.74, 6) is 0.698. The molecule has 5 aromatic heterocycles. The molecule has 2 N–H and O–H groups in total. The molecular formula is C24H17N5OS. The largest absolute Gasteiger partial charge is 0.495 e. The van der Waals surface area contributed by atoms with Gasteiger partial charge in [0.05, 0.1) is 30.2 Å². The highest BCUT2D eigenvalue weighted by molar-refractivity contribution is 7.13. The van der Waals surface area contributed by atoms with Gasteiger partial charge < -0.3 is 9.72 Å². The van der Waals surface area contributed by atoms with E-state index in [1.54, 1.807) is 30.8 Å². The lowest BCUT2D eigenvalue weighted by Gasteiger charge is -2.04. The Morgan fingerprint density at radius 1 is 0.968 bits per heavy atom. The van der Waals surface area contributed by atoms with Crippen LogP contribution in [-0.2, 0) is 0 Å². The Morgan fingerprint density at radius 2 is 1.94 bits per heavy atom. The van der Waals surface area contributed by atoms with Crippen molar-refractivity contribution in [2.24, 2.45) is 0 Å². The topological polar surface area (TPSA) is 79.5 Å². The summed E-state index contributed by atoms with van der Waals surface area (Å²) in [5, 5.41) is 10.9. The first kappa shape index (κ1) is 17.9. The van der Waals surface area contributed by atoms with E-state index in [9.17, 15) is 0 Å². The number of H-pyrrole nitrogens is 2. The Labute approximate surface area is 181 Å². The van der Waals surface area contributed by atoms with E-state index in [-0.39, 0.29) is 0 Å². The van der Waals surface area contributed by atoms with Crippen LogP contribution in [0.3, 0.4) is 0 Å². The van der Waals surface area contributed by atoms with Crippen molar-refractivity contribution in [3.8, 4) is 38.8 Å². The van der Waals surface area contributed by atoms with Crippen molar-refractivity contribution < 1.29 is 4.74 Å². The highest BCUT2D eigenvalue weighted by Crippen LogP contribution is 2.35. The predicted molar refractivity (Wildman–Crippen MR) is 124 cm³/mol. The first-order valence-electron chi connectivity index (χ1n) is 9.81. The van der Waals surface area contributed by atoms with Gasteiger partial charge in [0, 0.05) is 33.1 Å². The smallest absolute Gasteiger partial charge is 0.137 e. The minimum atomic E-state index is 0.698. The molecule has 0 amide bonds. The minimum Gasteiger partial charge on any atom is -0.495 e. The Balaban J connectivity index is 1.50. The fourth-order valence-corrected chi connectivity index (χ4v) is 4.61. The molecule has 0 aliphatic rings. The van der Waals surface area contributed by atoms with E-state index in [0.717, 1.165) is 39.2 Å². The predicted octanol–water partition coefficient (Wildman–Crippen LogP) is 5.91. The fraction of sp³-hybridized carbons (Fsp3) is 0.0417.